The summed E-state index contributed by atoms with van der Waals surface area (Å²) in [4.78, 5) is 0. The Kier molecular flexibility index (Phi) is 1.82. The molecule has 0 N–H and O–H groups in total. The van der Waals surface area contributed by atoms with Gasteiger partial charge in [-0.15, -0.1) is 0 Å². The molecule has 0 radical (unpaired) electrons. The lowest BCUT2D eigenvalue weighted by atomic mass is 10.1. The Morgan fingerprint density at radius 2 is 2.08 bits per heavy atom. The van der Waals surface area contributed by atoms with Crippen molar-refractivity contribution in [3.05, 3.63) is 23.3 Å². The van der Waals surface area contributed by atoms with Gasteiger partial charge in [-0.05, 0) is 19.1 Å². The Hall–Kier alpha value is -1.69. The summed E-state index contributed by atoms with van der Waals surface area (Å²) in [5.74, 6) is 1.45. The van der Waals surface area contributed by atoms with Crippen molar-refractivity contribution >= 4 is 0 Å². The standard InChI is InChI=1S/C10H9NO2/c1-7-8(6-11)2-3-9-10(7)13-5-4-12-9/h2-3H,4-5H2,1H3. The minimum absolute atomic E-state index is 0.558. The average molecular weight is 175 g/mol. The Morgan fingerprint density at radius 3 is 2.85 bits per heavy atom. The summed E-state index contributed by atoms with van der Waals surface area (Å²) in [6, 6.07) is 5.64. The minimum Gasteiger partial charge on any atom is -0.486 e. The molecule has 2 rings (SSSR count). The first kappa shape index (κ1) is 7.93. The van der Waals surface area contributed by atoms with Gasteiger partial charge < -0.3 is 9.47 Å². The minimum atomic E-state index is 0.558. The molecule has 0 fully saturated rings. The maximum Gasteiger partial charge on any atom is 0.165 e. The molecule has 3 nitrogen and oxygen atoms in total. The fourth-order valence-corrected chi connectivity index (χ4v) is 1.38. The second kappa shape index (κ2) is 2.98. The number of fused-ring (bicyclic) bond motifs is 1. The highest BCUT2D eigenvalue weighted by Crippen LogP contribution is 2.34. The lowest BCUT2D eigenvalue weighted by Crippen LogP contribution is -2.16. The van der Waals surface area contributed by atoms with Gasteiger partial charge in [-0.2, -0.15) is 5.26 Å². The molecule has 0 aromatic heterocycles. The van der Waals surface area contributed by atoms with Crippen LogP contribution >= 0.6 is 0 Å². The van der Waals surface area contributed by atoms with Crippen LogP contribution in [0.5, 0.6) is 11.5 Å². The maximum atomic E-state index is 8.77. The Balaban J connectivity index is 2.56. The Bertz CT molecular complexity index is 379. The van der Waals surface area contributed by atoms with Gasteiger partial charge in [0.25, 0.3) is 0 Å². The molecule has 13 heavy (non-hydrogen) atoms. The van der Waals surface area contributed by atoms with E-state index in [4.69, 9.17) is 14.7 Å². The predicted octanol–water partition coefficient (Wildman–Crippen LogP) is 1.64. The average Bonchev–Trinajstić information content (AvgIpc) is 2.19. The first-order valence-electron chi connectivity index (χ1n) is 4.12. The van der Waals surface area contributed by atoms with Crippen molar-refractivity contribution in [2.24, 2.45) is 0 Å². The van der Waals surface area contributed by atoms with E-state index >= 15 is 0 Å². The second-order valence-electron chi connectivity index (χ2n) is 2.87. The summed E-state index contributed by atoms with van der Waals surface area (Å²) in [7, 11) is 0. The molecule has 0 aliphatic carbocycles. The van der Waals surface area contributed by atoms with E-state index in [1.807, 2.05) is 6.92 Å². The molecule has 1 aliphatic heterocycles. The molecule has 0 unspecified atom stereocenters. The molecule has 1 aromatic rings. The largest absolute Gasteiger partial charge is 0.486 e. The number of rotatable bonds is 0. The third-order valence-electron chi connectivity index (χ3n) is 2.08. The zero-order chi connectivity index (χ0) is 9.26. The van der Waals surface area contributed by atoms with Crippen LogP contribution < -0.4 is 9.47 Å². The highest BCUT2D eigenvalue weighted by Gasteiger charge is 2.15. The summed E-state index contributed by atoms with van der Waals surface area (Å²) >= 11 is 0. The molecule has 66 valence electrons. The van der Waals surface area contributed by atoms with E-state index in [1.165, 1.54) is 0 Å². The monoisotopic (exact) mass is 175 g/mol. The van der Waals surface area contributed by atoms with Gasteiger partial charge in [-0.25, -0.2) is 0 Å². The number of ether oxygens (including phenoxy) is 2. The molecule has 0 spiro atoms. The summed E-state index contributed by atoms with van der Waals surface area (Å²) < 4.78 is 10.8. The van der Waals surface area contributed by atoms with E-state index in [2.05, 4.69) is 6.07 Å². The van der Waals surface area contributed by atoms with Crippen LogP contribution in [0.1, 0.15) is 11.1 Å². The van der Waals surface area contributed by atoms with Gasteiger partial charge >= 0.3 is 0 Å². The van der Waals surface area contributed by atoms with Crippen molar-refractivity contribution < 1.29 is 9.47 Å². The van der Waals surface area contributed by atoms with Gasteiger partial charge in [0.15, 0.2) is 11.5 Å². The number of nitriles is 1. The van der Waals surface area contributed by atoms with E-state index in [0.29, 0.717) is 24.5 Å². The van der Waals surface area contributed by atoms with Gasteiger partial charge in [0, 0.05) is 5.56 Å². The molecule has 0 saturated heterocycles. The Labute approximate surface area is 76.5 Å². The number of hydrogen-bond acceptors (Lipinski definition) is 3. The van der Waals surface area contributed by atoms with Crippen molar-refractivity contribution in [3.63, 3.8) is 0 Å². The molecule has 0 atom stereocenters. The van der Waals surface area contributed by atoms with E-state index in [0.717, 1.165) is 11.3 Å². The lowest BCUT2D eigenvalue weighted by molar-refractivity contribution is 0.170. The molecule has 3 heteroatoms. The SMILES string of the molecule is Cc1c(C#N)ccc2c1OCCO2. The fraction of sp³-hybridized carbons (Fsp3) is 0.300. The van der Waals surface area contributed by atoms with Crippen molar-refractivity contribution in [1.29, 1.82) is 5.26 Å². The Morgan fingerprint density at radius 1 is 1.31 bits per heavy atom. The van der Waals surface area contributed by atoms with Crippen LogP contribution in [0.2, 0.25) is 0 Å². The highest BCUT2D eigenvalue weighted by molar-refractivity contribution is 5.54. The van der Waals surface area contributed by atoms with Crippen LogP contribution in [0.3, 0.4) is 0 Å². The highest BCUT2D eigenvalue weighted by atomic mass is 16.6. The predicted molar refractivity (Wildman–Crippen MR) is 46.9 cm³/mol. The van der Waals surface area contributed by atoms with Gasteiger partial charge in [0.05, 0.1) is 11.6 Å². The van der Waals surface area contributed by atoms with E-state index in [1.54, 1.807) is 12.1 Å². The molecule has 1 aromatic carbocycles. The normalized spacial score (nSPS) is 13.5. The van der Waals surface area contributed by atoms with Crippen molar-refractivity contribution in [1.82, 2.24) is 0 Å². The van der Waals surface area contributed by atoms with Gasteiger partial charge in [0.2, 0.25) is 0 Å². The maximum absolute atomic E-state index is 8.77. The molecule has 1 heterocycles. The van der Waals surface area contributed by atoms with E-state index < -0.39 is 0 Å². The molecule has 0 bridgehead atoms. The summed E-state index contributed by atoms with van der Waals surface area (Å²) in [6.07, 6.45) is 0. The van der Waals surface area contributed by atoms with E-state index in [9.17, 15) is 0 Å². The smallest absolute Gasteiger partial charge is 0.165 e. The van der Waals surface area contributed by atoms with Crippen molar-refractivity contribution in [2.45, 2.75) is 6.92 Å². The molecular weight excluding hydrogens is 166 g/mol. The zero-order valence-corrected chi connectivity index (χ0v) is 7.33. The van der Waals surface area contributed by atoms with Crippen LogP contribution in [0, 0.1) is 18.3 Å². The number of benzene rings is 1. The van der Waals surface area contributed by atoms with Crippen molar-refractivity contribution in [2.75, 3.05) is 13.2 Å². The van der Waals surface area contributed by atoms with Gasteiger partial charge in [-0.1, -0.05) is 0 Å². The van der Waals surface area contributed by atoms with Crippen LogP contribution in [0.25, 0.3) is 0 Å². The summed E-state index contributed by atoms with van der Waals surface area (Å²) in [5.41, 5.74) is 1.50. The first-order chi connectivity index (χ1) is 6.33. The molecule has 1 aliphatic rings. The van der Waals surface area contributed by atoms with Crippen LogP contribution in [-0.2, 0) is 0 Å². The van der Waals surface area contributed by atoms with Crippen LogP contribution in [-0.4, -0.2) is 13.2 Å². The molecule has 0 amide bonds. The fourth-order valence-electron chi connectivity index (χ4n) is 1.38. The first-order valence-corrected chi connectivity index (χ1v) is 4.12. The number of nitrogens with zero attached hydrogens (tertiary/aromatic N) is 1. The lowest BCUT2D eigenvalue weighted by Gasteiger charge is -2.20. The molecular formula is C10H9NO2. The van der Waals surface area contributed by atoms with Crippen LogP contribution in [0.4, 0.5) is 0 Å². The summed E-state index contributed by atoms with van der Waals surface area (Å²) in [6.45, 7) is 3.01. The third-order valence-corrected chi connectivity index (χ3v) is 2.08. The summed E-state index contributed by atoms with van der Waals surface area (Å²) in [5, 5.41) is 8.77. The van der Waals surface area contributed by atoms with Gasteiger partial charge in [-0.3, -0.25) is 0 Å². The van der Waals surface area contributed by atoms with Gasteiger partial charge in [0.1, 0.15) is 13.2 Å². The number of hydrogen-bond donors (Lipinski definition) is 0. The second-order valence-corrected chi connectivity index (χ2v) is 2.87. The topological polar surface area (TPSA) is 42.2 Å². The quantitative estimate of drug-likeness (QED) is 0.602. The van der Waals surface area contributed by atoms with E-state index in [-0.39, 0.29) is 0 Å². The third kappa shape index (κ3) is 1.20. The van der Waals surface area contributed by atoms with Crippen LogP contribution in [0.15, 0.2) is 12.1 Å². The zero-order valence-electron chi connectivity index (χ0n) is 7.33. The van der Waals surface area contributed by atoms with Crippen molar-refractivity contribution in [3.8, 4) is 17.6 Å². The molecule has 0 saturated carbocycles.